The van der Waals surface area contributed by atoms with Gasteiger partial charge in [0, 0.05) is 17.3 Å². The smallest absolute Gasteiger partial charge is 0.300 e. The molecule has 7 heteroatoms. The Hall–Kier alpha value is -4.13. The molecule has 0 aliphatic carbocycles. The van der Waals surface area contributed by atoms with Crippen LogP contribution in [0.25, 0.3) is 5.76 Å². The van der Waals surface area contributed by atoms with Crippen molar-refractivity contribution in [3.05, 3.63) is 89.3 Å². The van der Waals surface area contributed by atoms with E-state index >= 15 is 0 Å². The number of Topliss-reactive ketones (excluding diaryl/α,β-unsaturated/α-hetero) is 1. The maximum absolute atomic E-state index is 13.3. The highest BCUT2D eigenvalue weighted by Gasteiger charge is 2.48. The van der Waals surface area contributed by atoms with Crippen LogP contribution in [0.2, 0.25) is 0 Å². The average molecular weight is 473 g/mol. The lowest BCUT2D eigenvalue weighted by molar-refractivity contribution is -0.132. The van der Waals surface area contributed by atoms with E-state index in [0.717, 1.165) is 5.56 Å². The van der Waals surface area contributed by atoms with Gasteiger partial charge in [-0.2, -0.15) is 0 Å². The van der Waals surface area contributed by atoms with Crippen molar-refractivity contribution in [2.24, 2.45) is 0 Å². The number of aliphatic hydroxyl groups is 1. The minimum Gasteiger partial charge on any atom is -0.507 e. The summed E-state index contributed by atoms with van der Waals surface area (Å²) < 4.78 is 5.78. The van der Waals surface area contributed by atoms with Crippen molar-refractivity contribution in [3.8, 4) is 11.5 Å². The second kappa shape index (κ2) is 9.25. The molecule has 1 saturated heterocycles. The van der Waals surface area contributed by atoms with E-state index in [0.29, 0.717) is 23.6 Å². The lowest BCUT2D eigenvalue weighted by Crippen LogP contribution is -2.29. The van der Waals surface area contributed by atoms with Crippen molar-refractivity contribution < 1.29 is 24.5 Å². The number of aromatic nitrogens is 1. The number of ether oxygens (including phenoxy) is 1. The number of ketones is 1. The maximum atomic E-state index is 13.3. The minimum atomic E-state index is -1.02. The third kappa shape index (κ3) is 4.37. The Morgan fingerprint density at radius 2 is 1.77 bits per heavy atom. The lowest BCUT2D eigenvalue weighted by Gasteiger charge is -2.26. The number of aliphatic hydroxyl groups excluding tert-OH is 1. The number of phenolic OH excluding ortho intramolecular Hbond substituents is 1. The molecule has 7 nitrogen and oxygen atoms in total. The highest BCUT2D eigenvalue weighted by Crippen LogP contribution is 2.44. The molecule has 1 aliphatic rings. The Morgan fingerprint density at radius 1 is 1.06 bits per heavy atom. The van der Waals surface area contributed by atoms with Gasteiger partial charge < -0.3 is 14.9 Å². The number of phenols is 1. The fourth-order valence-electron chi connectivity index (χ4n) is 4.27. The summed E-state index contributed by atoms with van der Waals surface area (Å²) >= 11 is 0. The van der Waals surface area contributed by atoms with E-state index in [-0.39, 0.29) is 28.2 Å². The standard InChI is InChI=1S/C28H28N2O5/c1-5-35-22-14-13-17(16-18(22)28(2,3)4)25(32)23-24(19-10-8-9-15-29-19)30(27(34)26(23)33)20-11-6-7-12-21(20)31/h6-16,24,31-32H,5H2,1-4H3/b25-23-. The second-order valence-electron chi connectivity index (χ2n) is 9.31. The number of pyridine rings is 1. The molecule has 1 unspecified atom stereocenters. The summed E-state index contributed by atoms with van der Waals surface area (Å²) in [6.45, 7) is 8.46. The molecule has 1 amide bonds. The van der Waals surface area contributed by atoms with Gasteiger partial charge in [0.2, 0.25) is 0 Å². The third-order valence-electron chi connectivity index (χ3n) is 5.91. The molecule has 4 rings (SSSR count). The molecule has 0 bridgehead atoms. The van der Waals surface area contributed by atoms with Gasteiger partial charge in [-0.1, -0.05) is 39.0 Å². The quantitative estimate of drug-likeness (QED) is 0.304. The van der Waals surface area contributed by atoms with E-state index in [2.05, 4.69) is 4.98 Å². The molecule has 2 N–H and O–H groups in total. The number of hydrogen-bond donors (Lipinski definition) is 2. The van der Waals surface area contributed by atoms with Gasteiger partial charge in [-0.3, -0.25) is 19.5 Å². The molecule has 3 aromatic rings. The predicted octanol–water partition coefficient (Wildman–Crippen LogP) is 5.11. The van der Waals surface area contributed by atoms with Gasteiger partial charge in [0.25, 0.3) is 11.7 Å². The van der Waals surface area contributed by atoms with Gasteiger partial charge in [-0.15, -0.1) is 0 Å². The number of carbonyl (C=O) groups is 2. The minimum absolute atomic E-state index is 0.0963. The molecular weight excluding hydrogens is 444 g/mol. The largest absolute Gasteiger partial charge is 0.507 e. The van der Waals surface area contributed by atoms with E-state index in [9.17, 15) is 19.8 Å². The summed E-state index contributed by atoms with van der Waals surface area (Å²) in [5.41, 5.74) is 1.39. The Bertz CT molecular complexity index is 1310. The Labute approximate surface area is 204 Å². The molecule has 1 aliphatic heterocycles. The van der Waals surface area contributed by atoms with Gasteiger partial charge in [0.1, 0.15) is 23.3 Å². The number of anilines is 1. The zero-order valence-electron chi connectivity index (χ0n) is 20.1. The van der Waals surface area contributed by atoms with Crippen LogP contribution < -0.4 is 9.64 Å². The van der Waals surface area contributed by atoms with E-state index in [1.807, 2.05) is 27.7 Å². The molecule has 1 fully saturated rings. The molecular formula is C28H28N2O5. The summed E-state index contributed by atoms with van der Waals surface area (Å²) in [4.78, 5) is 32.1. The first-order valence-corrected chi connectivity index (χ1v) is 11.4. The first kappa shape index (κ1) is 24.0. The number of para-hydroxylation sites is 2. The maximum Gasteiger partial charge on any atom is 0.300 e. The van der Waals surface area contributed by atoms with Crippen molar-refractivity contribution in [3.63, 3.8) is 0 Å². The van der Waals surface area contributed by atoms with Crippen LogP contribution in [-0.2, 0) is 15.0 Å². The zero-order valence-corrected chi connectivity index (χ0v) is 20.1. The van der Waals surface area contributed by atoms with Crippen LogP contribution >= 0.6 is 0 Å². The highest BCUT2D eigenvalue weighted by molar-refractivity contribution is 6.51. The molecule has 0 radical (unpaired) electrons. The summed E-state index contributed by atoms with van der Waals surface area (Å²) in [5, 5.41) is 21.9. The molecule has 1 aromatic heterocycles. The van der Waals surface area contributed by atoms with Crippen LogP contribution in [0.3, 0.4) is 0 Å². The van der Waals surface area contributed by atoms with Gasteiger partial charge in [0.05, 0.1) is 23.6 Å². The fourth-order valence-corrected chi connectivity index (χ4v) is 4.27. The van der Waals surface area contributed by atoms with Crippen LogP contribution in [0.5, 0.6) is 11.5 Å². The second-order valence-corrected chi connectivity index (χ2v) is 9.31. The number of nitrogens with zero attached hydrogens (tertiary/aromatic N) is 2. The zero-order chi connectivity index (χ0) is 25.3. The van der Waals surface area contributed by atoms with Gasteiger partial charge in [-0.05, 0) is 54.8 Å². The fraction of sp³-hybridized carbons (Fsp3) is 0.250. The Morgan fingerprint density at radius 3 is 2.40 bits per heavy atom. The van der Waals surface area contributed by atoms with Crippen molar-refractivity contribution in [2.75, 3.05) is 11.5 Å². The van der Waals surface area contributed by atoms with E-state index < -0.39 is 17.7 Å². The Kier molecular flexibility index (Phi) is 6.35. The van der Waals surface area contributed by atoms with Crippen LogP contribution in [0, 0.1) is 0 Å². The van der Waals surface area contributed by atoms with Crippen LogP contribution in [0.1, 0.15) is 50.6 Å². The Balaban J connectivity index is 1.95. The van der Waals surface area contributed by atoms with Crippen molar-refractivity contribution >= 4 is 23.1 Å². The normalized spacial score (nSPS) is 17.6. The highest BCUT2D eigenvalue weighted by atomic mass is 16.5. The van der Waals surface area contributed by atoms with Gasteiger partial charge in [0.15, 0.2) is 0 Å². The van der Waals surface area contributed by atoms with Gasteiger partial charge in [-0.25, -0.2) is 0 Å². The van der Waals surface area contributed by atoms with Crippen LogP contribution in [0.15, 0.2) is 72.4 Å². The van der Waals surface area contributed by atoms with Crippen molar-refractivity contribution in [1.29, 1.82) is 0 Å². The van der Waals surface area contributed by atoms with E-state index in [1.165, 1.54) is 11.0 Å². The molecule has 35 heavy (non-hydrogen) atoms. The number of hydrogen-bond acceptors (Lipinski definition) is 6. The molecule has 0 saturated carbocycles. The average Bonchev–Trinajstić information content (AvgIpc) is 3.09. The van der Waals surface area contributed by atoms with Crippen LogP contribution in [0.4, 0.5) is 5.69 Å². The van der Waals surface area contributed by atoms with Gasteiger partial charge >= 0.3 is 0 Å². The molecule has 1 atom stereocenters. The van der Waals surface area contributed by atoms with E-state index in [1.54, 1.807) is 60.8 Å². The summed E-state index contributed by atoms with van der Waals surface area (Å²) in [6, 6.07) is 15.6. The molecule has 2 aromatic carbocycles. The summed E-state index contributed by atoms with van der Waals surface area (Å²) in [7, 11) is 0. The number of amides is 1. The predicted molar refractivity (Wildman–Crippen MR) is 133 cm³/mol. The summed E-state index contributed by atoms with van der Waals surface area (Å²) in [6.07, 6.45) is 1.55. The van der Waals surface area contributed by atoms with Crippen LogP contribution in [-0.4, -0.2) is 33.5 Å². The lowest BCUT2D eigenvalue weighted by atomic mass is 9.84. The number of aromatic hydroxyl groups is 1. The summed E-state index contributed by atoms with van der Waals surface area (Å²) in [5.74, 6) is -1.50. The SMILES string of the molecule is CCOc1ccc(/C(O)=C2/C(=O)C(=O)N(c3ccccc3O)C2c2ccccn2)cc1C(C)(C)C. The molecule has 180 valence electrons. The molecule has 0 spiro atoms. The number of rotatable bonds is 5. The topological polar surface area (TPSA) is 100.0 Å². The monoisotopic (exact) mass is 472 g/mol. The first-order valence-electron chi connectivity index (χ1n) is 11.4. The van der Waals surface area contributed by atoms with E-state index in [4.69, 9.17) is 4.74 Å². The van der Waals surface area contributed by atoms with Crippen molar-refractivity contribution in [2.45, 2.75) is 39.2 Å². The molecule has 2 heterocycles. The van der Waals surface area contributed by atoms with Crippen molar-refractivity contribution in [1.82, 2.24) is 4.98 Å². The first-order chi connectivity index (χ1) is 16.6. The number of benzene rings is 2. The third-order valence-corrected chi connectivity index (χ3v) is 5.91. The number of carbonyl (C=O) groups excluding carboxylic acids is 2.